The minimum Gasteiger partial charge on any atom is -0.309 e. The lowest BCUT2D eigenvalue weighted by Crippen LogP contribution is -2.33. The van der Waals surface area contributed by atoms with Crippen molar-refractivity contribution in [1.29, 1.82) is 0 Å². The van der Waals surface area contributed by atoms with Crippen LogP contribution < -0.4 is 4.90 Å². The number of para-hydroxylation sites is 1. The zero-order valence-electron chi connectivity index (χ0n) is 16.2. The predicted molar refractivity (Wildman–Crippen MR) is 118 cm³/mol. The highest BCUT2D eigenvalue weighted by Gasteiger charge is 2.31. The molecule has 0 bridgehead atoms. The van der Waals surface area contributed by atoms with Gasteiger partial charge in [-0.1, -0.05) is 35.1 Å². The van der Waals surface area contributed by atoms with Gasteiger partial charge in [-0.25, -0.2) is 4.98 Å². The Morgan fingerprint density at radius 1 is 1.13 bits per heavy atom. The Kier molecular flexibility index (Phi) is 8.10. The van der Waals surface area contributed by atoms with Crippen LogP contribution >= 0.6 is 35.3 Å². The summed E-state index contributed by atoms with van der Waals surface area (Å²) < 4.78 is 40.0. The number of carbonyl (C=O) groups excluding carboxylic acids is 1. The number of nitrogens with zero attached hydrogens (tertiary/aromatic N) is 3. The molecule has 3 aromatic rings. The minimum absolute atomic E-state index is 0. The van der Waals surface area contributed by atoms with Gasteiger partial charge in [0, 0.05) is 12.1 Å². The predicted octanol–water partition coefficient (Wildman–Crippen LogP) is 5.99. The Labute approximate surface area is 187 Å². The highest BCUT2D eigenvalue weighted by Crippen LogP contribution is 2.34. The maximum absolute atomic E-state index is 13.1. The Balaban J connectivity index is 0.00000320. The summed E-state index contributed by atoms with van der Waals surface area (Å²) >= 11 is 7.48. The third-order valence-electron chi connectivity index (χ3n) is 4.26. The highest BCUT2D eigenvalue weighted by molar-refractivity contribution is 7.22. The molecule has 4 nitrogen and oxygen atoms in total. The Bertz CT molecular complexity index is 1020. The molecular formula is C20H20Cl2F3N3OS. The van der Waals surface area contributed by atoms with Crippen LogP contribution in [0, 0.1) is 0 Å². The largest absolute Gasteiger partial charge is 0.416 e. The first-order valence-corrected chi connectivity index (χ1v) is 10.0. The first kappa shape index (κ1) is 24.4. The van der Waals surface area contributed by atoms with Crippen LogP contribution in [-0.2, 0) is 6.18 Å². The van der Waals surface area contributed by atoms with E-state index in [1.807, 2.05) is 25.1 Å². The summed E-state index contributed by atoms with van der Waals surface area (Å²) in [6, 6.07) is 9.79. The number of halogens is 5. The van der Waals surface area contributed by atoms with Gasteiger partial charge in [-0.2, -0.15) is 13.2 Å². The van der Waals surface area contributed by atoms with E-state index < -0.39 is 17.6 Å². The van der Waals surface area contributed by atoms with Crippen molar-refractivity contribution in [3.63, 3.8) is 0 Å². The van der Waals surface area contributed by atoms with E-state index in [2.05, 4.69) is 4.98 Å². The SMILES string of the molecule is CN(C)CCCN(C(=O)c1cccc(C(F)(F)F)c1)c1nc2c(Cl)cccc2s1.Cl. The molecule has 1 aromatic heterocycles. The number of amides is 1. The van der Waals surface area contributed by atoms with Crippen LogP contribution in [0.5, 0.6) is 0 Å². The fourth-order valence-electron chi connectivity index (χ4n) is 2.83. The number of benzene rings is 2. The van der Waals surface area contributed by atoms with Crippen molar-refractivity contribution in [2.75, 3.05) is 32.1 Å². The van der Waals surface area contributed by atoms with Crippen LogP contribution in [0.15, 0.2) is 42.5 Å². The van der Waals surface area contributed by atoms with Gasteiger partial charge < -0.3 is 4.90 Å². The van der Waals surface area contributed by atoms with Gasteiger partial charge >= 0.3 is 6.18 Å². The third kappa shape index (κ3) is 5.63. The van der Waals surface area contributed by atoms with Gasteiger partial charge in [0.15, 0.2) is 5.13 Å². The molecule has 0 saturated carbocycles. The van der Waals surface area contributed by atoms with E-state index in [-0.39, 0.29) is 18.0 Å². The van der Waals surface area contributed by atoms with Crippen molar-refractivity contribution in [2.45, 2.75) is 12.6 Å². The number of hydrogen-bond acceptors (Lipinski definition) is 4. The van der Waals surface area contributed by atoms with Crippen molar-refractivity contribution in [3.05, 3.63) is 58.6 Å². The molecule has 0 saturated heterocycles. The lowest BCUT2D eigenvalue weighted by Gasteiger charge is -2.21. The van der Waals surface area contributed by atoms with E-state index in [9.17, 15) is 18.0 Å². The van der Waals surface area contributed by atoms with Gasteiger partial charge in [-0.15, -0.1) is 12.4 Å². The van der Waals surface area contributed by atoms with Gasteiger partial charge in [0.05, 0.1) is 15.3 Å². The molecule has 0 atom stereocenters. The first-order chi connectivity index (χ1) is 13.7. The second kappa shape index (κ2) is 9.96. The number of hydrogen-bond donors (Lipinski definition) is 0. The summed E-state index contributed by atoms with van der Waals surface area (Å²) in [5.41, 5.74) is -0.317. The maximum Gasteiger partial charge on any atom is 0.416 e. The van der Waals surface area contributed by atoms with Gasteiger partial charge in [0.2, 0.25) is 0 Å². The zero-order valence-corrected chi connectivity index (χ0v) is 18.6. The van der Waals surface area contributed by atoms with E-state index in [4.69, 9.17) is 11.6 Å². The van der Waals surface area contributed by atoms with Crippen LogP contribution in [0.25, 0.3) is 10.2 Å². The number of alkyl halides is 3. The lowest BCUT2D eigenvalue weighted by molar-refractivity contribution is -0.137. The fraction of sp³-hybridized carbons (Fsp3) is 0.300. The molecule has 30 heavy (non-hydrogen) atoms. The number of aromatic nitrogens is 1. The molecule has 3 rings (SSSR count). The molecule has 1 heterocycles. The quantitative estimate of drug-likeness (QED) is 0.437. The average molecular weight is 478 g/mol. The van der Waals surface area contributed by atoms with Crippen LogP contribution in [0.1, 0.15) is 22.3 Å². The van der Waals surface area contributed by atoms with Crippen LogP contribution in [0.4, 0.5) is 18.3 Å². The molecule has 0 unspecified atom stereocenters. The molecule has 1 amide bonds. The van der Waals surface area contributed by atoms with Crippen molar-refractivity contribution < 1.29 is 18.0 Å². The molecule has 0 spiro atoms. The van der Waals surface area contributed by atoms with Crippen molar-refractivity contribution in [1.82, 2.24) is 9.88 Å². The van der Waals surface area contributed by atoms with Crippen LogP contribution in [-0.4, -0.2) is 43.0 Å². The summed E-state index contributed by atoms with van der Waals surface area (Å²) in [6.45, 7) is 1.04. The molecule has 0 fully saturated rings. The normalized spacial score (nSPS) is 11.6. The van der Waals surface area contributed by atoms with Crippen molar-refractivity contribution >= 4 is 56.6 Å². The number of anilines is 1. The van der Waals surface area contributed by atoms with Gasteiger partial charge in [0.1, 0.15) is 5.52 Å². The number of rotatable bonds is 6. The lowest BCUT2D eigenvalue weighted by atomic mass is 10.1. The molecule has 0 aliphatic rings. The topological polar surface area (TPSA) is 36.4 Å². The summed E-state index contributed by atoms with van der Waals surface area (Å²) in [7, 11) is 3.83. The Hall–Kier alpha value is -1.87. The zero-order chi connectivity index (χ0) is 21.2. The molecule has 0 aliphatic heterocycles. The average Bonchev–Trinajstić information content (AvgIpc) is 3.09. The maximum atomic E-state index is 13.1. The minimum atomic E-state index is -4.52. The molecule has 10 heteroatoms. The fourth-order valence-corrected chi connectivity index (χ4v) is 4.12. The number of fused-ring (bicyclic) bond motifs is 1. The monoisotopic (exact) mass is 477 g/mol. The first-order valence-electron chi connectivity index (χ1n) is 8.85. The summed E-state index contributed by atoms with van der Waals surface area (Å²) in [4.78, 5) is 21.0. The summed E-state index contributed by atoms with van der Waals surface area (Å²) in [5, 5.41) is 0.874. The van der Waals surface area contributed by atoms with Crippen LogP contribution in [0.3, 0.4) is 0 Å². The van der Waals surface area contributed by atoms with Gasteiger partial charge in [0.25, 0.3) is 5.91 Å². The van der Waals surface area contributed by atoms with E-state index in [0.717, 1.165) is 23.4 Å². The molecule has 162 valence electrons. The smallest absolute Gasteiger partial charge is 0.309 e. The van der Waals surface area contributed by atoms with Gasteiger partial charge in [-0.3, -0.25) is 9.69 Å². The molecule has 2 aromatic carbocycles. The van der Waals surface area contributed by atoms with Crippen molar-refractivity contribution in [3.8, 4) is 0 Å². The number of thiazole rings is 1. The van der Waals surface area contributed by atoms with E-state index in [0.29, 0.717) is 28.6 Å². The second-order valence-corrected chi connectivity index (χ2v) is 8.19. The van der Waals surface area contributed by atoms with E-state index in [1.165, 1.54) is 28.4 Å². The third-order valence-corrected chi connectivity index (χ3v) is 5.61. The molecule has 0 N–H and O–H groups in total. The molecule has 0 aliphatic carbocycles. The molecular weight excluding hydrogens is 458 g/mol. The van der Waals surface area contributed by atoms with Crippen molar-refractivity contribution in [2.24, 2.45) is 0 Å². The summed E-state index contributed by atoms with van der Waals surface area (Å²) in [6.07, 6.45) is -3.88. The standard InChI is InChI=1S/C20H19ClF3N3OS.ClH/c1-26(2)10-5-11-27(19-25-17-15(21)8-4-9-16(17)29-19)18(28)13-6-3-7-14(12-13)20(22,23)24;/h3-4,6-9,12H,5,10-11H2,1-2H3;1H. The highest BCUT2D eigenvalue weighted by atomic mass is 35.5. The van der Waals surface area contributed by atoms with Crippen LogP contribution in [0.2, 0.25) is 5.02 Å². The Morgan fingerprint density at radius 2 is 1.83 bits per heavy atom. The summed E-state index contributed by atoms with van der Waals surface area (Å²) in [5.74, 6) is -0.523. The van der Waals surface area contributed by atoms with E-state index in [1.54, 1.807) is 12.1 Å². The second-order valence-electron chi connectivity index (χ2n) is 6.78. The van der Waals surface area contributed by atoms with Gasteiger partial charge in [-0.05, 0) is 57.4 Å². The number of carbonyl (C=O) groups is 1. The Morgan fingerprint density at radius 3 is 2.47 bits per heavy atom. The molecule has 0 radical (unpaired) electrons. The van der Waals surface area contributed by atoms with E-state index >= 15 is 0 Å².